The number of nitrogens with two attached hydrogens (primary N) is 1. The fraction of sp³-hybridized carbons (Fsp3) is 0.636. The summed E-state index contributed by atoms with van der Waals surface area (Å²) in [6.45, 7) is 7.27. The molecular weight excluding hydrogens is 222 g/mol. The molecule has 16 heavy (non-hydrogen) atoms. The van der Waals surface area contributed by atoms with Crippen molar-refractivity contribution in [1.82, 2.24) is 10.3 Å². The van der Waals surface area contributed by atoms with Crippen molar-refractivity contribution in [3.63, 3.8) is 0 Å². The Labute approximate surface area is 100 Å². The molecule has 1 aromatic rings. The van der Waals surface area contributed by atoms with Gasteiger partial charge in [-0.15, -0.1) is 11.3 Å². The van der Waals surface area contributed by atoms with Crippen molar-refractivity contribution in [2.45, 2.75) is 27.2 Å². The lowest BCUT2D eigenvalue weighted by Gasteiger charge is -2.05. The van der Waals surface area contributed by atoms with Crippen LogP contribution in [0.4, 0.5) is 0 Å². The summed E-state index contributed by atoms with van der Waals surface area (Å²) in [5, 5.41) is 3.83. The normalized spacial score (nSPS) is 10.8. The highest BCUT2D eigenvalue weighted by atomic mass is 32.1. The molecule has 0 aliphatic carbocycles. The highest BCUT2D eigenvalue weighted by Crippen LogP contribution is 2.18. The van der Waals surface area contributed by atoms with Gasteiger partial charge in [-0.05, 0) is 19.4 Å². The molecule has 1 rings (SSSR count). The van der Waals surface area contributed by atoms with E-state index in [2.05, 4.69) is 24.1 Å². The lowest BCUT2D eigenvalue weighted by molar-refractivity contribution is 0.0952. The van der Waals surface area contributed by atoms with E-state index in [4.69, 9.17) is 5.73 Å². The molecule has 0 atom stereocenters. The van der Waals surface area contributed by atoms with Crippen LogP contribution in [0.1, 0.15) is 34.2 Å². The lowest BCUT2D eigenvalue weighted by atomic mass is 10.2. The summed E-state index contributed by atoms with van der Waals surface area (Å²) in [4.78, 5) is 16.9. The standard InChI is InChI=1S/C11H19N3OS/c1-7(2)6-13-11(15)10-8(3)14-9(16-10)4-5-12/h7H,4-6,12H2,1-3H3,(H,13,15). The molecule has 0 bridgehead atoms. The Balaban J connectivity index is 2.67. The summed E-state index contributed by atoms with van der Waals surface area (Å²) >= 11 is 1.44. The molecule has 0 unspecified atom stereocenters. The Kier molecular flexibility index (Phi) is 4.89. The van der Waals surface area contributed by atoms with E-state index >= 15 is 0 Å². The highest BCUT2D eigenvalue weighted by molar-refractivity contribution is 7.13. The molecule has 0 aliphatic heterocycles. The molecule has 4 nitrogen and oxygen atoms in total. The minimum Gasteiger partial charge on any atom is -0.351 e. The van der Waals surface area contributed by atoms with Crippen LogP contribution >= 0.6 is 11.3 Å². The van der Waals surface area contributed by atoms with Gasteiger partial charge in [-0.1, -0.05) is 13.8 Å². The van der Waals surface area contributed by atoms with Crippen LogP contribution in [0.5, 0.6) is 0 Å². The van der Waals surface area contributed by atoms with Crippen molar-refractivity contribution in [3.05, 3.63) is 15.6 Å². The fourth-order valence-corrected chi connectivity index (χ4v) is 2.27. The first-order valence-corrected chi connectivity index (χ1v) is 6.30. The van der Waals surface area contributed by atoms with Crippen molar-refractivity contribution in [1.29, 1.82) is 0 Å². The van der Waals surface area contributed by atoms with E-state index in [0.717, 1.165) is 17.1 Å². The molecule has 0 saturated carbocycles. The second-order valence-electron chi connectivity index (χ2n) is 4.16. The molecule has 5 heteroatoms. The van der Waals surface area contributed by atoms with Crippen LogP contribution in [0.3, 0.4) is 0 Å². The van der Waals surface area contributed by atoms with Crippen LogP contribution in [0, 0.1) is 12.8 Å². The van der Waals surface area contributed by atoms with Gasteiger partial charge in [0.05, 0.1) is 10.7 Å². The topological polar surface area (TPSA) is 68.0 Å². The second kappa shape index (κ2) is 5.96. The maximum Gasteiger partial charge on any atom is 0.263 e. The van der Waals surface area contributed by atoms with Crippen LogP contribution in [0.15, 0.2) is 0 Å². The van der Waals surface area contributed by atoms with Crippen molar-refractivity contribution in [3.8, 4) is 0 Å². The average molecular weight is 241 g/mol. The van der Waals surface area contributed by atoms with Gasteiger partial charge < -0.3 is 11.1 Å². The maximum atomic E-state index is 11.8. The first-order valence-electron chi connectivity index (χ1n) is 5.49. The average Bonchev–Trinajstić information content (AvgIpc) is 2.56. The predicted octanol–water partition coefficient (Wildman–Crippen LogP) is 1.34. The van der Waals surface area contributed by atoms with E-state index in [-0.39, 0.29) is 5.91 Å². The van der Waals surface area contributed by atoms with Gasteiger partial charge in [0.2, 0.25) is 0 Å². The van der Waals surface area contributed by atoms with Crippen molar-refractivity contribution < 1.29 is 4.79 Å². The zero-order chi connectivity index (χ0) is 12.1. The number of hydrogen-bond donors (Lipinski definition) is 2. The van der Waals surface area contributed by atoms with Gasteiger partial charge in [0, 0.05) is 13.0 Å². The van der Waals surface area contributed by atoms with Gasteiger partial charge in [-0.2, -0.15) is 0 Å². The summed E-state index contributed by atoms with van der Waals surface area (Å²) in [6, 6.07) is 0. The molecule has 0 spiro atoms. The number of nitrogens with one attached hydrogen (secondary N) is 1. The second-order valence-corrected chi connectivity index (χ2v) is 5.25. The Bertz CT molecular complexity index is 360. The fourth-order valence-electron chi connectivity index (χ4n) is 1.27. The maximum absolute atomic E-state index is 11.8. The van der Waals surface area contributed by atoms with Crippen molar-refractivity contribution in [2.24, 2.45) is 11.7 Å². The Morgan fingerprint density at radius 2 is 2.25 bits per heavy atom. The van der Waals surface area contributed by atoms with E-state index in [1.807, 2.05) is 6.92 Å². The number of thiazole rings is 1. The van der Waals surface area contributed by atoms with Crippen LogP contribution < -0.4 is 11.1 Å². The van der Waals surface area contributed by atoms with E-state index in [9.17, 15) is 4.79 Å². The van der Waals surface area contributed by atoms with Crippen LogP contribution in [0.25, 0.3) is 0 Å². The minimum absolute atomic E-state index is 0.0213. The molecular formula is C11H19N3OS. The Morgan fingerprint density at radius 1 is 1.56 bits per heavy atom. The smallest absolute Gasteiger partial charge is 0.263 e. The van der Waals surface area contributed by atoms with Gasteiger partial charge in [0.25, 0.3) is 5.91 Å². The van der Waals surface area contributed by atoms with Gasteiger partial charge >= 0.3 is 0 Å². The number of hydrogen-bond acceptors (Lipinski definition) is 4. The summed E-state index contributed by atoms with van der Waals surface area (Å²) in [5.41, 5.74) is 6.26. The number of aromatic nitrogens is 1. The van der Waals surface area contributed by atoms with Gasteiger partial charge in [-0.3, -0.25) is 4.79 Å². The zero-order valence-corrected chi connectivity index (χ0v) is 10.9. The molecule has 1 heterocycles. The number of carbonyl (C=O) groups excluding carboxylic acids is 1. The molecule has 3 N–H and O–H groups in total. The Hall–Kier alpha value is -0.940. The third kappa shape index (κ3) is 3.57. The van der Waals surface area contributed by atoms with Crippen molar-refractivity contribution >= 4 is 17.2 Å². The lowest BCUT2D eigenvalue weighted by Crippen LogP contribution is -2.27. The number of aryl methyl sites for hydroxylation is 1. The summed E-state index contributed by atoms with van der Waals surface area (Å²) in [5.74, 6) is 0.438. The molecule has 0 aromatic carbocycles. The third-order valence-electron chi connectivity index (χ3n) is 2.08. The first kappa shape index (κ1) is 13.1. The van der Waals surface area contributed by atoms with Crippen molar-refractivity contribution in [2.75, 3.05) is 13.1 Å². The van der Waals surface area contributed by atoms with E-state index in [1.54, 1.807) is 0 Å². The molecule has 1 aromatic heterocycles. The van der Waals surface area contributed by atoms with E-state index < -0.39 is 0 Å². The van der Waals surface area contributed by atoms with E-state index in [0.29, 0.717) is 23.9 Å². The quantitative estimate of drug-likeness (QED) is 0.817. The first-order chi connectivity index (χ1) is 7.54. The molecule has 0 saturated heterocycles. The summed E-state index contributed by atoms with van der Waals surface area (Å²) in [6.07, 6.45) is 0.739. The van der Waals surface area contributed by atoms with Gasteiger partial charge in [0.15, 0.2) is 0 Å². The largest absolute Gasteiger partial charge is 0.351 e. The Morgan fingerprint density at radius 3 is 2.81 bits per heavy atom. The summed E-state index contributed by atoms with van der Waals surface area (Å²) in [7, 11) is 0. The molecule has 0 aliphatic rings. The van der Waals surface area contributed by atoms with Gasteiger partial charge in [-0.25, -0.2) is 4.98 Å². The van der Waals surface area contributed by atoms with Crippen LogP contribution in [-0.4, -0.2) is 24.0 Å². The van der Waals surface area contributed by atoms with E-state index in [1.165, 1.54) is 11.3 Å². The molecule has 1 amide bonds. The third-order valence-corrected chi connectivity index (χ3v) is 3.29. The van der Waals surface area contributed by atoms with Gasteiger partial charge in [0.1, 0.15) is 4.88 Å². The SMILES string of the molecule is Cc1nc(CCN)sc1C(=O)NCC(C)C. The number of nitrogens with zero attached hydrogens (tertiary/aromatic N) is 1. The van der Waals surface area contributed by atoms with Crippen LogP contribution in [0.2, 0.25) is 0 Å². The van der Waals surface area contributed by atoms with Crippen LogP contribution in [-0.2, 0) is 6.42 Å². The molecule has 90 valence electrons. The zero-order valence-electron chi connectivity index (χ0n) is 10.0. The summed E-state index contributed by atoms with van der Waals surface area (Å²) < 4.78 is 0. The predicted molar refractivity (Wildman–Crippen MR) is 66.8 cm³/mol. The minimum atomic E-state index is -0.0213. The molecule has 0 radical (unpaired) electrons. The molecule has 0 fully saturated rings. The number of rotatable bonds is 5. The monoisotopic (exact) mass is 241 g/mol. The number of carbonyl (C=O) groups is 1. The highest BCUT2D eigenvalue weighted by Gasteiger charge is 2.14. The number of amides is 1.